The summed E-state index contributed by atoms with van der Waals surface area (Å²) in [5.74, 6) is 1.66. The second-order valence-electron chi connectivity index (χ2n) is 8.00. The Morgan fingerprint density at radius 3 is 2.47 bits per heavy atom. The summed E-state index contributed by atoms with van der Waals surface area (Å²) < 4.78 is 22.5. The Kier molecular flexibility index (Phi) is 7.90. The number of ether oxygens (including phenoxy) is 4. The van der Waals surface area contributed by atoms with Gasteiger partial charge in [0.2, 0.25) is 0 Å². The molecule has 0 saturated heterocycles. The van der Waals surface area contributed by atoms with Gasteiger partial charge in [-0.25, -0.2) is 0 Å². The molecule has 1 aromatic rings. The molecule has 2 rings (SSSR count). The lowest BCUT2D eigenvalue weighted by atomic mass is 9.90. The van der Waals surface area contributed by atoms with Gasteiger partial charge in [0.25, 0.3) is 0 Å². The lowest BCUT2D eigenvalue weighted by Crippen LogP contribution is -2.28. The van der Waals surface area contributed by atoms with Crippen LogP contribution in [0.25, 0.3) is 6.08 Å². The fraction of sp³-hybridized carbons (Fsp3) is 0.480. The number of fused-ring (bicyclic) bond motifs is 1. The average Bonchev–Trinajstić information content (AvgIpc) is 2.73. The maximum atomic E-state index is 13.3. The second-order valence-corrected chi connectivity index (χ2v) is 8.00. The SMILES string of the molecule is CCC(OC)/C(=C\C=C(/C)C(C)C(=O)c1ccc2c(c1OC)C=CC(C)(C)O2)OC. The molecule has 164 valence electrons. The molecule has 30 heavy (non-hydrogen) atoms. The van der Waals surface area contributed by atoms with Gasteiger partial charge in [-0.1, -0.05) is 25.5 Å². The van der Waals surface area contributed by atoms with Gasteiger partial charge in [-0.2, -0.15) is 0 Å². The highest BCUT2D eigenvalue weighted by atomic mass is 16.5. The Morgan fingerprint density at radius 1 is 1.20 bits per heavy atom. The summed E-state index contributed by atoms with van der Waals surface area (Å²) in [5, 5.41) is 0. The Labute approximate surface area is 180 Å². The van der Waals surface area contributed by atoms with Gasteiger partial charge in [-0.05, 0) is 57.6 Å². The topological polar surface area (TPSA) is 54.0 Å². The monoisotopic (exact) mass is 414 g/mol. The molecule has 0 N–H and O–H groups in total. The highest BCUT2D eigenvalue weighted by Crippen LogP contribution is 2.40. The molecule has 0 spiro atoms. The van der Waals surface area contributed by atoms with Crippen molar-refractivity contribution in [2.75, 3.05) is 21.3 Å². The molecule has 1 aliphatic rings. The highest BCUT2D eigenvalue weighted by Gasteiger charge is 2.28. The third-order valence-electron chi connectivity index (χ3n) is 5.45. The highest BCUT2D eigenvalue weighted by molar-refractivity contribution is 6.03. The molecule has 1 aliphatic heterocycles. The van der Waals surface area contributed by atoms with Gasteiger partial charge in [0.1, 0.15) is 29.0 Å². The number of carbonyl (C=O) groups excluding carboxylic acids is 1. The second kappa shape index (κ2) is 9.98. The molecule has 0 aromatic heterocycles. The molecule has 2 unspecified atom stereocenters. The Bertz CT molecular complexity index is 857. The number of hydrogen-bond donors (Lipinski definition) is 0. The van der Waals surface area contributed by atoms with Gasteiger partial charge in [-0.3, -0.25) is 4.79 Å². The van der Waals surface area contributed by atoms with Crippen molar-refractivity contribution in [1.29, 1.82) is 0 Å². The summed E-state index contributed by atoms with van der Waals surface area (Å²) >= 11 is 0. The molecule has 0 aliphatic carbocycles. The van der Waals surface area contributed by atoms with E-state index >= 15 is 0 Å². The van der Waals surface area contributed by atoms with Crippen LogP contribution in [0.15, 0.2) is 41.7 Å². The smallest absolute Gasteiger partial charge is 0.173 e. The summed E-state index contributed by atoms with van der Waals surface area (Å²) in [5.41, 5.74) is 1.88. The summed E-state index contributed by atoms with van der Waals surface area (Å²) in [6.45, 7) is 9.85. The first-order chi connectivity index (χ1) is 14.2. The van der Waals surface area contributed by atoms with E-state index in [1.807, 2.05) is 65.0 Å². The van der Waals surface area contributed by atoms with E-state index in [0.29, 0.717) is 17.1 Å². The van der Waals surface area contributed by atoms with Crippen molar-refractivity contribution in [3.05, 3.63) is 52.8 Å². The van der Waals surface area contributed by atoms with Crippen molar-refractivity contribution in [1.82, 2.24) is 0 Å². The van der Waals surface area contributed by atoms with Crippen molar-refractivity contribution in [2.24, 2.45) is 5.92 Å². The van der Waals surface area contributed by atoms with E-state index in [-0.39, 0.29) is 23.4 Å². The third kappa shape index (κ3) is 5.14. The first-order valence-electron chi connectivity index (χ1n) is 10.3. The molecule has 0 saturated carbocycles. The summed E-state index contributed by atoms with van der Waals surface area (Å²) in [6, 6.07) is 3.63. The van der Waals surface area contributed by atoms with Crippen LogP contribution >= 0.6 is 0 Å². The van der Waals surface area contributed by atoms with Gasteiger partial charge < -0.3 is 18.9 Å². The molecular weight excluding hydrogens is 380 g/mol. The van der Waals surface area contributed by atoms with Crippen LogP contribution in [-0.2, 0) is 9.47 Å². The van der Waals surface area contributed by atoms with Crippen molar-refractivity contribution < 1.29 is 23.7 Å². The minimum atomic E-state index is -0.389. The minimum Gasteiger partial charge on any atom is -0.498 e. The number of rotatable bonds is 9. The van der Waals surface area contributed by atoms with Crippen LogP contribution in [0.2, 0.25) is 0 Å². The molecule has 2 atom stereocenters. The van der Waals surface area contributed by atoms with Crippen LogP contribution in [0.4, 0.5) is 0 Å². The lowest BCUT2D eigenvalue weighted by Gasteiger charge is -2.29. The number of allylic oxidation sites excluding steroid dienone is 3. The molecule has 1 aromatic carbocycles. The normalized spacial score (nSPS) is 17.6. The lowest BCUT2D eigenvalue weighted by molar-refractivity contribution is 0.0763. The fourth-order valence-electron chi connectivity index (χ4n) is 3.43. The number of methoxy groups -OCH3 is 3. The summed E-state index contributed by atoms with van der Waals surface area (Å²) in [4.78, 5) is 13.3. The predicted octanol–water partition coefficient (Wildman–Crippen LogP) is 5.60. The van der Waals surface area contributed by atoms with Crippen molar-refractivity contribution in [2.45, 2.75) is 52.7 Å². The van der Waals surface area contributed by atoms with Crippen LogP contribution in [0, 0.1) is 5.92 Å². The molecule has 0 bridgehead atoms. The van der Waals surface area contributed by atoms with Gasteiger partial charge >= 0.3 is 0 Å². The number of hydrogen-bond acceptors (Lipinski definition) is 5. The molecule has 1 heterocycles. The summed E-state index contributed by atoms with van der Waals surface area (Å²) in [6.07, 6.45) is 8.42. The zero-order valence-electron chi connectivity index (χ0n) is 19.4. The first kappa shape index (κ1) is 23.7. The van der Waals surface area contributed by atoms with E-state index in [9.17, 15) is 4.79 Å². The maximum Gasteiger partial charge on any atom is 0.173 e. The van der Waals surface area contributed by atoms with Gasteiger partial charge in [0.15, 0.2) is 5.78 Å². The van der Waals surface area contributed by atoms with E-state index < -0.39 is 0 Å². The van der Waals surface area contributed by atoms with Crippen molar-refractivity contribution in [3.63, 3.8) is 0 Å². The standard InChI is InChI=1S/C25H34O5/c1-9-20(27-6)22(28-7)12-10-16(2)17(3)23(26)19-11-13-21-18(24(19)29-8)14-15-25(4,5)30-21/h10-15,17,20H,9H2,1-8H3/b16-10+,22-12+. The number of ketones is 1. The maximum absolute atomic E-state index is 13.3. The Morgan fingerprint density at radius 2 is 1.90 bits per heavy atom. The van der Waals surface area contributed by atoms with Gasteiger partial charge in [0, 0.05) is 13.0 Å². The zero-order chi connectivity index (χ0) is 22.5. The van der Waals surface area contributed by atoms with E-state index in [1.165, 1.54) is 0 Å². The van der Waals surface area contributed by atoms with Crippen LogP contribution in [-0.4, -0.2) is 38.8 Å². The number of carbonyl (C=O) groups is 1. The van der Waals surface area contributed by atoms with E-state index in [4.69, 9.17) is 18.9 Å². The minimum absolute atomic E-state index is 0.00668. The van der Waals surface area contributed by atoms with Crippen molar-refractivity contribution in [3.8, 4) is 11.5 Å². The van der Waals surface area contributed by atoms with Crippen LogP contribution in [0.3, 0.4) is 0 Å². The van der Waals surface area contributed by atoms with Crippen LogP contribution in [0.5, 0.6) is 11.5 Å². The molecule has 0 radical (unpaired) electrons. The quantitative estimate of drug-likeness (QED) is 0.299. The van der Waals surface area contributed by atoms with Gasteiger partial charge in [-0.15, -0.1) is 0 Å². The average molecular weight is 415 g/mol. The van der Waals surface area contributed by atoms with Crippen molar-refractivity contribution >= 4 is 11.9 Å². The van der Waals surface area contributed by atoms with E-state index in [1.54, 1.807) is 27.4 Å². The van der Waals surface area contributed by atoms with Gasteiger partial charge in [0.05, 0.1) is 25.3 Å². The zero-order valence-corrected chi connectivity index (χ0v) is 19.4. The van der Waals surface area contributed by atoms with Crippen LogP contribution < -0.4 is 9.47 Å². The number of Topliss-reactive ketones (excluding diaryl/α,β-unsaturated/α-hetero) is 1. The van der Waals surface area contributed by atoms with Crippen LogP contribution in [0.1, 0.15) is 57.0 Å². The molecular formula is C25H34O5. The predicted molar refractivity (Wildman–Crippen MR) is 120 cm³/mol. The Balaban J connectivity index is 2.34. The molecule has 0 fully saturated rings. The molecule has 5 heteroatoms. The first-order valence-corrected chi connectivity index (χ1v) is 10.3. The molecule has 5 nitrogen and oxygen atoms in total. The Hall–Kier alpha value is -2.53. The largest absolute Gasteiger partial charge is 0.498 e. The summed E-state index contributed by atoms with van der Waals surface area (Å²) in [7, 11) is 4.86. The third-order valence-corrected chi connectivity index (χ3v) is 5.45. The number of benzene rings is 1. The fourth-order valence-corrected chi connectivity index (χ4v) is 3.43. The van der Waals surface area contributed by atoms with E-state index in [0.717, 1.165) is 23.3 Å². The molecule has 0 amide bonds. The van der Waals surface area contributed by atoms with E-state index in [2.05, 4.69) is 0 Å².